The van der Waals surface area contributed by atoms with Crippen LogP contribution in [0.5, 0.6) is 5.75 Å². The number of hydrogen-bond donors (Lipinski definition) is 2. The zero-order valence-corrected chi connectivity index (χ0v) is 11.5. The number of nitrogens with two attached hydrogens (primary N) is 1. The second-order valence-electron chi connectivity index (χ2n) is 4.55. The van der Waals surface area contributed by atoms with E-state index < -0.39 is 10.0 Å². The largest absolute Gasteiger partial charge is 0.491 e. The Morgan fingerprint density at radius 1 is 1.37 bits per heavy atom. The van der Waals surface area contributed by atoms with Crippen LogP contribution in [-0.2, 0) is 14.8 Å². The highest BCUT2D eigenvalue weighted by molar-refractivity contribution is 7.89. The quantitative estimate of drug-likeness (QED) is 0.818. The van der Waals surface area contributed by atoms with Crippen molar-refractivity contribution in [1.29, 1.82) is 0 Å². The topological polar surface area (TPSA) is 90.6 Å². The molecular formula is C12H18N2O4S. The molecule has 0 bridgehead atoms. The standard InChI is InChI=1S/C12H18N2O4S/c1-9-6-14-7-11(18-9)8-17-10-2-4-12(5-3-10)19(13,15)16/h2-5,9,11,14H,6-8H2,1H3,(H2,13,15,16). The van der Waals surface area contributed by atoms with Gasteiger partial charge in [-0.25, -0.2) is 13.6 Å². The number of morpholine rings is 1. The minimum Gasteiger partial charge on any atom is -0.491 e. The van der Waals surface area contributed by atoms with E-state index in [1.807, 2.05) is 6.92 Å². The van der Waals surface area contributed by atoms with Crippen LogP contribution in [0.25, 0.3) is 0 Å². The molecule has 1 aliphatic heterocycles. The summed E-state index contributed by atoms with van der Waals surface area (Å²) in [6.45, 7) is 4.02. The molecule has 0 aromatic heterocycles. The van der Waals surface area contributed by atoms with Gasteiger partial charge in [-0.3, -0.25) is 0 Å². The van der Waals surface area contributed by atoms with Crippen LogP contribution in [0, 0.1) is 0 Å². The second kappa shape index (κ2) is 5.87. The lowest BCUT2D eigenvalue weighted by Gasteiger charge is -2.28. The van der Waals surface area contributed by atoms with Gasteiger partial charge in [-0.1, -0.05) is 0 Å². The van der Waals surface area contributed by atoms with Crippen molar-refractivity contribution in [3.05, 3.63) is 24.3 Å². The van der Waals surface area contributed by atoms with Gasteiger partial charge in [-0.05, 0) is 31.2 Å². The van der Waals surface area contributed by atoms with E-state index in [1.54, 1.807) is 12.1 Å². The molecule has 0 aliphatic carbocycles. The van der Waals surface area contributed by atoms with E-state index in [4.69, 9.17) is 14.6 Å². The summed E-state index contributed by atoms with van der Waals surface area (Å²) in [6, 6.07) is 6.01. The van der Waals surface area contributed by atoms with Crippen LogP contribution >= 0.6 is 0 Å². The van der Waals surface area contributed by atoms with Crippen molar-refractivity contribution in [2.45, 2.75) is 24.0 Å². The van der Waals surface area contributed by atoms with Crippen molar-refractivity contribution in [2.24, 2.45) is 5.14 Å². The molecule has 1 aromatic rings. The maximum atomic E-state index is 11.1. The van der Waals surface area contributed by atoms with Gasteiger partial charge in [0.15, 0.2) is 0 Å². The van der Waals surface area contributed by atoms with Gasteiger partial charge >= 0.3 is 0 Å². The SMILES string of the molecule is CC1CNCC(COc2ccc(S(N)(=O)=O)cc2)O1. The molecule has 1 aliphatic rings. The Balaban J connectivity index is 1.89. The van der Waals surface area contributed by atoms with Crippen LogP contribution in [0.2, 0.25) is 0 Å². The molecule has 1 fully saturated rings. The van der Waals surface area contributed by atoms with Crippen molar-refractivity contribution in [3.8, 4) is 5.75 Å². The lowest BCUT2D eigenvalue weighted by molar-refractivity contribution is -0.0470. The minimum atomic E-state index is -3.65. The van der Waals surface area contributed by atoms with Gasteiger partial charge in [0.05, 0.1) is 11.0 Å². The highest BCUT2D eigenvalue weighted by Gasteiger charge is 2.19. The number of sulfonamides is 1. The number of nitrogens with one attached hydrogen (secondary N) is 1. The lowest BCUT2D eigenvalue weighted by atomic mass is 10.2. The molecule has 3 N–H and O–H groups in total. The second-order valence-corrected chi connectivity index (χ2v) is 6.12. The Hall–Kier alpha value is -1.15. The summed E-state index contributed by atoms with van der Waals surface area (Å²) in [5.41, 5.74) is 0. The van der Waals surface area contributed by atoms with Crippen molar-refractivity contribution in [1.82, 2.24) is 5.32 Å². The molecule has 1 saturated heterocycles. The summed E-state index contributed by atoms with van der Waals surface area (Å²) >= 11 is 0. The monoisotopic (exact) mass is 286 g/mol. The molecule has 2 rings (SSSR count). The highest BCUT2D eigenvalue weighted by Crippen LogP contribution is 2.15. The third-order valence-electron chi connectivity index (χ3n) is 2.82. The van der Waals surface area contributed by atoms with Gasteiger partial charge < -0.3 is 14.8 Å². The first-order valence-electron chi connectivity index (χ1n) is 6.07. The number of rotatable bonds is 4. The molecule has 2 unspecified atom stereocenters. The number of hydrogen-bond acceptors (Lipinski definition) is 5. The highest BCUT2D eigenvalue weighted by atomic mass is 32.2. The maximum Gasteiger partial charge on any atom is 0.238 e. The van der Waals surface area contributed by atoms with Gasteiger partial charge in [0.25, 0.3) is 0 Å². The minimum absolute atomic E-state index is 0.00154. The van der Waals surface area contributed by atoms with E-state index in [9.17, 15) is 8.42 Å². The maximum absolute atomic E-state index is 11.1. The van der Waals surface area contributed by atoms with Gasteiger partial charge in [0, 0.05) is 13.1 Å². The molecule has 7 heteroatoms. The van der Waals surface area contributed by atoms with E-state index in [0.717, 1.165) is 13.1 Å². The van der Waals surface area contributed by atoms with Crippen molar-refractivity contribution in [3.63, 3.8) is 0 Å². The molecule has 6 nitrogen and oxygen atoms in total. The van der Waals surface area contributed by atoms with Crippen LogP contribution < -0.4 is 15.2 Å². The fourth-order valence-corrected chi connectivity index (χ4v) is 2.40. The van der Waals surface area contributed by atoms with E-state index in [2.05, 4.69) is 5.32 Å². The number of ether oxygens (including phenoxy) is 2. The van der Waals surface area contributed by atoms with E-state index in [0.29, 0.717) is 12.4 Å². The Morgan fingerprint density at radius 2 is 2.05 bits per heavy atom. The first-order chi connectivity index (χ1) is 8.95. The Bertz CT molecular complexity index is 515. The van der Waals surface area contributed by atoms with Crippen molar-refractivity contribution in [2.75, 3.05) is 19.7 Å². The molecular weight excluding hydrogens is 268 g/mol. The Labute approximate surface area is 112 Å². The summed E-state index contributed by atoms with van der Waals surface area (Å²) in [7, 11) is -3.65. The zero-order valence-electron chi connectivity index (χ0n) is 10.7. The molecule has 0 saturated carbocycles. The summed E-state index contributed by atoms with van der Waals surface area (Å²) in [4.78, 5) is 0.0732. The first kappa shape index (κ1) is 14.3. The lowest BCUT2D eigenvalue weighted by Crippen LogP contribution is -2.45. The fourth-order valence-electron chi connectivity index (χ4n) is 1.89. The Kier molecular flexibility index (Phi) is 4.41. The van der Waals surface area contributed by atoms with E-state index >= 15 is 0 Å². The van der Waals surface area contributed by atoms with E-state index in [1.165, 1.54) is 12.1 Å². The van der Waals surface area contributed by atoms with Crippen LogP contribution in [0.3, 0.4) is 0 Å². The van der Waals surface area contributed by atoms with Crippen molar-refractivity contribution < 1.29 is 17.9 Å². The third kappa shape index (κ3) is 4.17. The fraction of sp³-hybridized carbons (Fsp3) is 0.500. The van der Waals surface area contributed by atoms with E-state index in [-0.39, 0.29) is 17.1 Å². The van der Waals surface area contributed by atoms with Crippen LogP contribution in [0.15, 0.2) is 29.2 Å². The average Bonchev–Trinajstić information content (AvgIpc) is 2.36. The normalized spacial score (nSPS) is 24.1. The van der Waals surface area contributed by atoms with Gasteiger partial charge in [-0.15, -0.1) is 0 Å². The van der Waals surface area contributed by atoms with Crippen molar-refractivity contribution >= 4 is 10.0 Å². The molecule has 1 aromatic carbocycles. The number of primary sulfonamides is 1. The smallest absolute Gasteiger partial charge is 0.238 e. The molecule has 0 spiro atoms. The zero-order chi connectivity index (χ0) is 13.9. The molecule has 0 radical (unpaired) electrons. The third-order valence-corrected chi connectivity index (χ3v) is 3.75. The van der Waals surface area contributed by atoms with Crippen LogP contribution in [0.4, 0.5) is 0 Å². The predicted octanol–water partition coefficient (Wildman–Crippen LogP) is 0.0897. The molecule has 1 heterocycles. The Morgan fingerprint density at radius 3 is 2.63 bits per heavy atom. The number of benzene rings is 1. The first-order valence-corrected chi connectivity index (χ1v) is 7.61. The van der Waals surface area contributed by atoms with Gasteiger partial charge in [0.2, 0.25) is 10.0 Å². The van der Waals surface area contributed by atoms with Crippen LogP contribution in [-0.4, -0.2) is 40.3 Å². The summed E-state index contributed by atoms with van der Waals surface area (Å²) in [5.74, 6) is 0.592. The van der Waals surface area contributed by atoms with Gasteiger partial charge in [-0.2, -0.15) is 0 Å². The summed E-state index contributed by atoms with van der Waals surface area (Å²) < 4.78 is 33.4. The predicted molar refractivity (Wildman–Crippen MR) is 70.5 cm³/mol. The van der Waals surface area contributed by atoms with Crippen LogP contribution in [0.1, 0.15) is 6.92 Å². The molecule has 106 valence electrons. The average molecular weight is 286 g/mol. The summed E-state index contributed by atoms with van der Waals surface area (Å²) in [5, 5.41) is 8.27. The molecule has 19 heavy (non-hydrogen) atoms. The summed E-state index contributed by atoms with van der Waals surface area (Å²) in [6.07, 6.45) is 0.175. The van der Waals surface area contributed by atoms with Gasteiger partial charge in [0.1, 0.15) is 18.5 Å². The molecule has 2 atom stereocenters. The molecule has 0 amide bonds.